The van der Waals surface area contributed by atoms with Gasteiger partial charge in [0.05, 0.1) is 20.3 Å². The Morgan fingerprint density at radius 3 is 2.37 bits per heavy atom. The minimum atomic E-state index is -1.95. The van der Waals surface area contributed by atoms with Crippen LogP contribution in [0.4, 0.5) is 0 Å². The first-order valence-corrected chi connectivity index (χ1v) is 12.4. The second kappa shape index (κ2) is 6.95. The fourth-order valence-corrected chi connectivity index (χ4v) is 4.77. The molecule has 0 saturated heterocycles. The number of methoxy groups -OCH3 is 2. The molecule has 0 aromatic heterocycles. The number of hydrogen-bond donors (Lipinski definition) is 0. The Morgan fingerprint density at radius 2 is 1.78 bits per heavy atom. The van der Waals surface area contributed by atoms with Crippen LogP contribution < -0.4 is 9.47 Å². The topological polar surface area (TPSA) is 44.8 Å². The average Bonchev–Trinajstić information content (AvgIpc) is 2.61. The predicted octanol–water partition coefficient (Wildman–Crippen LogP) is 5.90. The number of carbonyl (C=O) groups excluding carboxylic acids is 1. The van der Waals surface area contributed by atoms with Gasteiger partial charge in [-0.2, -0.15) is 0 Å². The van der Waals surface area contributed by atoms with Crippen LogP contribution in [0, 0.1) is 0 Å². The summed E-state index contributed by atoms with van der Waals surface area (Å²) in [6.07, 6.45) is 1.19. The highest BCUT2D eigenvalue weighted by atomic mass is 28.4. The van der Waals surface area contributed by atoms with E-state index < -0.39 is 8.32 Å². The molecule has 0 saturated carbocycles. The first kappa shape index (κ1) is 19.9. The summed E-state index contributed by atoms with van der Waals surface area (Å²) >= 11 is 0. The van der Waals surface area contributed by atoms with Crippen LogP contribution in [-0.2, 0) is 4.43 Å². The van der Waals surface area contributed by atoms with Crippen LogP contribution in [0.25, 0.3) is 10.8 Å². The number of benzene rings is 2. The molecule has 1 unspecified atom stereocenters. The minimum Gasteiger partial charge on any atom is -0.497 e. The highest BCUT2D eigenvalue weighted by molar-refractivity contribution is 6.74. The van der Waals surface area contributed by atoms with Gasteiger partial charge in [-0.25, -0.2) is 0 Å². The molecule has 0 amide bonds. The summed E-state index contributed by atoms with van der Waals surface area (Å²) < 4.78 is 17.7. The first-order chi connectivity index (χ1) is 12.6. The van der Waals surface area contributed by atoms with Crippen LogP contribution in [0.3, 0.4) is 0 Å². The third-order valence-electron chi connectivity index (χ3n) is 6.05. The number of hydrogen-bond acceptors (Lipinski definition) is 4. The van der Waals surface area contributed by atoms with Gasteiger partial charge in [-0.1, -0.05) is 32.9 Å². The molecule has 3 rings (SSSR count). The fourth-order valence-electron chi connectivity index (χ4n) is 3.46. The number of fused-ring (bicyclic) bond motifs is 3. The molecule has 1 aliphatic rings. The Balaban J connectivity index is 2.17. The molecule has 146 valence electrons. The van der Waals surface area contributed by atoms with Crippen molar-refractivity contribution < 1.29 is 18.7 Å². The van der Waals surface area contributed by atoms with E-state index in [1.54, 1.807) is 14.2 Å². The Kier molecular flexibility index (Phi) is 5.12. The van der Waals surface area contributed by atoms with E-state index in [9.17, 15) is 4.79 Å². The Hall–Kier alpha value is -1.85. The molecule has 1 aliphatic carbocycles. The Morgan fingerprint density at radius 1 is 1.07 bits per heavy atom. The normalized spacial score (nSPS) is 17.7. The lowest BCUT2D eigenvalue weighted by Crippen LogP contribution is -2.42. The SMILES string of the molecule is COc1cc(OC)c2c3c(ccc2c1)C(O[Si](C)(C)C(C)(C)C)CCC3=O. The van der Waals surface area contributed by atoms with E-state index in [-0.39, 0.29) is 16.9 Å². The molecule has 0 bridgehead atoms. The molecule has 27 heavy (non-hydrogen) atoms. The number of Topliss-reactive ketones (excluding diaryl/α,β-unsaturated/α-hetero) is 1. The molecule has 0 fully saturated rings. The molecule has 0 N–H and O–H groups in total. The number of ketones is 1. The van der Waals surface area contributed by atoms with Crippen LogP contribution >= 0.6 is 0 Å². The molecule has 0 radical (unpaired) electrons. The maximum atomic E-state index is 12.9. The van der Waals surface area contributed by atoms with Gasteiger partial charge in [0.15, 0.2) is 14.1 Å². The Bertz CT molecular complexity index is 880. The van der Waals surface area contributed by atoms with Crippen LogP contribution in [0.2, 0.25) is 18.1 Å². The van der Waals surface area contributed by atoms with Gasteiger partial charge in [-0.15, -0.1) is 0 Å². The monoisotopic (exact) mass is 386 g/mol. The second-order valence-corrected chi connectivity index (χ2v) is 13.5. The third-order valence-corrected chi connectivity index (χ3v) is 10.5. The summed E-state index contributed by atoms with van der Waals surface area (Å²) in [5, 5.41) is 1.94. The van der Waals surface area contributed by atoms with E-state index in [1.807, 2.05) is 24.3 Å². The smallest absolute Gasteiger partial charge is 0.192 e. The van der Waals surface area contributed by atoms with Crippen molar-refractivity contribution in [3.05, 3.63) is 35.4 Å². The molecular weight excluding hydrogens is 356 g/mol. The summed E-state index contributed by atoms with van der Waals surface area (Å²) in [4.78, 5) is 12.9. The summed E-state index contributed by atoms with van der Waals surface area (Å²) in [5.74, 6) is 1.55. The lowest BCUT2D eigenvalue weighted by Gasteiger charge is -2.40. The van der Waals surface area contributed by atoms with Crippen LogP contribution in [-0.4, -0.2) is 28.3 Å². The summed E-state index contributed by atoms with van der Waals surface area (Å²) in [6, 6.07) is 7.88. The summed E-state index contributed by atoms with van der Waals surface area (Å²) in [5.41, 5.74) is 1.74. The Labute approximate surface area is 162 Å². The molecule has 0 heterocycles. The average molecular weight is 387 g/mol. The van der Waals surface area contributed by atoms with Gasteiger partial charge >= 0.3 is 0 Å². The van der Waals surface area contributed by atoms with E-state index in [0.29, 0.717) is 12.2 Å². The molecule has 2 aromatic carbocycles. The van der Waals surface area contributed by atoms with Gasteiger partial charge in [-0.3, -0.25) is 4.79 Å². The van der Waals surface area contributed by atoms with Crippen molar-refractivity contribution in [2.24, 2.45) is 0 Å². The van der Waals surface area contributed by atoms with E-state index >= 15 is 0 Å². The van der Waals surface area contributed by atoms with Gasteiger partial charge in [0.2, 0.25) is 0 Å². The second-order valence-electron chi connectivity index (χ2n) is 8.79. The van der Waals surface area contributed by atoms with Crippen molar-refractivity contribution in [1.82, 2.24) is 0 Å². The van der Waals surface area contributed by atoms with Crippen molar-refractivity contribution in [3.63, 3.8) is 0 Å². The zero-order valence-corrected chi connectivity index (χ0v) is 18.4. The lowest BCUT2D eigenvalue weighted by atomic mass is 9.84. The third kappa shape index (κ3) is 3.50. The summed E-state index contributed by atoms with van der Waals surface area (Å²) in [6.45, 7) is 11.2. The summed E-state index contributed by atoms with van der Waals surface area (Å²) in [7, 11) is 1.31. The van der Waals surface area contributed by atoms with E-state index in [0.717, 1.165) is 34.1 Å². The largest absolute Gasteiger partial charge is 0.497 e. The van der Waals surface area contributed by atoms with Crippen LogP contribution in [0.5, 0.6) is 11.5 Å². The first-order valence-electron chi connectivity index (χ1n) is 9.48. The molecule has 0 spiro atoms. The van der Waals surface area contributed by atoms with Gasteiger partial charge in [0, 0.05) is 23.4 Å². The number of ether oxygens (including phenoxy) is 2. The van der Waals surface area contributed by atoms with Crippen LogP contribution in [0.1, 0.15) is 55.6 Å². The van der Waals surface area contributed by atoms with Gasteiger partial charge in [0.25, 0.3) is 0 Å². The van der Waals surface area contributed by atoms with Gasteiger partial charge in [0.1, 0.15) is 11.5 Å². The fraction of sp³-hybridized carbons (Fsp3) is 0.500. The van der Waals surface area contributed by atoms with Crippen LogP contribution in [0.15, 0.2) is 24.3 Å². The minimum absolute atomic E-state index is 0.0465. The quantitative estimate of drug-likeness (QED) is 0.614. The van der Waals surface area contributed by atoms with E-state index in [2.05, 4.69) is 33.9 Å². The molecule has 2 aromatic rings. The standard InChI is InChI=1S/C22H30O4Si/c1-22(2,3)27(6,7)26-18-11-10-17(23)21-16(18)9-8-14-12-15(24-4)13-19(25-5)20(14)21/h8-9,12-13,18H,10-11H2,1-7H3. The highest BCUT2D eigenvalue weighted by Crippen LogP contribution is 2.45. The maximum absolute atomic E-state index is 12.9. The maximum Gasteiger partial charge on any atom is 0.192 e. The molecule has 4 nitrogen and oxygen atoms in total. The van der Waals surface area contributed by atoms with Crippen molar-refractivity contribution in [2.75, 3.05) is 14.2 Å². The van der Waals surface area contributed by atoms with Crippen molar-refractivity contribution in [3.8, 4) is 11.5 Å². The van der Waals surface area contributed by atoms with E-state index in [4.69, 9.17) is 13.9 Å². The zero-order valence-electron chi connectivity index (χ0n) is 17.4. The molecule has 1 atom stereocenters. The highest BCUT2D eigenvalue weighted by Gasteiger charge is 2.41. The van der Waals surface area contributed by atoms with Gasteiger partial charge in [-0.05, 0) is 41.6 Å². The molecular formula is C22H30O4Si. The lowest BCUT2D eigenvalue weighted by molar-refractivity contribution is 0.0910. The zero-order chi connectivity index (χ0) is 20.0. The predicted molar refractivity (Wildman–Crippen MR) is 112 cm³/mol. The van der Waals surface area contributed by atoms with Gasteiger partial charge < -0.3 is 13.9 Å². The van der Waals surface area contributed by atoms with E-state index in [1.165, 1.54) is 0 Å². The molecule has 5 heteroatoms. The number of carbonyl (C=O) groups is 1. The van der Waals surface area contributed by atoms with Crippen molar-refractivity contribution in [2.45, 2.75) is 57.8 Å². The molecule has 0 aliphatic heterocycles. The van der Waals surface area contributed by atoms with Crippen molar-refractivity contribution in [1.29, 1.82) is 0 Å². The number of rotatable bonds is 4. The van der Waals surface area contributed by atoms with Crippen molar-refractivity contribution >= 4 is 24.9 Å².